The third-order valence-electron chi connectivity index (χ3n) is 5.58. The minimum atomic E-state index is 0.582. The molecule has 9 heteroatoms. The highest BCUT2D eigenvalue weighted by Crippen LogP contribution is 2.24. The zero-order valence-corrected chi connectivity index (χ0v) is 19.5. The van der Waals surface area contributed by atoms with E-state index in [9.17, 15) is 0 Å². The molecule has 5 rings (SSSR count). The molecule has 0 aliphatic heterocycles. The summed E-state index contributed by atoms with van der Waals surface area (Å²) in [5.74, 6) is 3.10. The van der Waals surface area contributed by atoms with Crippen LogP contribution in [0, 0.1) is 0 Å². The number of anilines is 3. The van der Waals surface area contributed by atoms with E-state index in [0.29, 0.717) is 12.5 Å². The number of methoxy groups -OCH3 is 1. The number of ether oxygens (including phenoxy) is 1. The molecule has 0 saturated heterocycles. The van der Waals surface area contributed by atoms with E-state index in [1.54, 1.807) is 13.3 Å². The minimum absolute atomic E-state index is 0.582. The normalized spacial score (nSPS) is 11.4. The molecule has 3 aromatic heterocycles. The van der Waals surface area contributed by atoms with Gasteiger partial charge in [0, 0.05) is 35.5 Å². The molecule has 0 aliphatic carbocycles. The van der Waals surface area contributed by atoms with Crippen LogP contribution in [0.4, 0.5) is 17.5 Å². The number of hydrogen-bond acceptors (Lipinski definition) is 7. The minimum Gasteiger partial charge on any atom is -0.497 e. The number of H-pyrrole nitrogens is 2. The quantitative estimate of drug-likeness (QED) is 0.262. The van der Waals surface area contributed by atoms with Crippen molar-refractivity contribution in [3.8, 4) is 5.75 Å². The van der Waals surface area contributed by atoms with E-state index in [1.807, 2.05) is 56.7 Å². The zero-order chi connectivity index (χ0) is 23.5. The van der Waals surface area contributed by atoms with Gasteiger partial charge in [-0.05, 0) is 68.5 Å². The Kier molecular flexibility index (Phi) is 6.01. The first kappa shape index (κ1) is 21.7. The molecule has 2 aromatic carbocycles. The van der Waals surface area contributed by atoms with Crippen molar-refractivity contribution in [2.45, 2.75) is 13.0 Å². The van der Waals surface area contributed by atoms with Gasteiger partial charge in [0.25, 0.3) is 0 Å². The van der Waals surface area contributed by atoms with Crippen LogP contribution in [0.1, 0.15) is 11.4 Å². The molecule has 5 aromatic rings. The second kappa shape index (κ2) is 9.40. The number of hydrogen-bond donors (Lipinski definition) is 4. The molecule has 4 N–H and O–H groups in total. The topological polar surface area (TPSA) is 107 Å². The summed E-state index contributed by atoms with van der Waals surface area (Å²) >= 11 is 0. The second-order valence-electron chi connectivity index (χ2n) is 8.45. The van der Waals surface area contributed by atoms with Gasteiger partial charge >= 0.3 is 0 Å². The monoisotopic (exact) mass is 456 g/mol. The van der Waals surface area contributed by atoms with Gasteiger partial charge in [0.15, 0.2) is 0 Å². The first-order chi connectivity index (χ1) is 16.6. The van der Waals surface area contributed by atoms with Crippen LogP contribution in [0.2, 0.25) is 0 Å². The predicted octanol–water partition coefficient (Wildman–Crippen LogP) is 4.30. The number of benzene rings is 2. The molecule has 9 nitrogen and oxygen atoms in total. The van der Waals surface area contributed by atoms with E-state index < -0.39 is 0 Å². The molecule has 0 amide bonds. The van der Waals surface area contributed by atoms with Gasteiger partial charge in [-0.25, -0.2) is 9.97 Å². The van der Waals surface area contributed by atoms with E-state index in [1.165, 1.54) is 10.9 Å². The van der Waals surface area contributed by atoms with Crippen LogP contribution >= 0.6 is 0 Å². The van der Waals surface area contributed by atoms with Crippen LogP contribution in [0.3, 0.4) is 0 Å². The fourth-order valence-electron chi connectivity index (χ4n) is 3.98. The van der Waals surface area contributed by atoms with Gasteiger partial charge in [0.2, 0.25) is 5.95 Å². The van der Waals surface area contributed by atoms with Crippen LogP contribution in [-0.4, -0.2) is 57.6 Å². The summed E-state index contributed by atoms with van der Waals surface area (Å²) in [6, 6.07) is 14.0. The lowest BCUT2D eigenvalue weighted by Crippen LogP contribution is -2.11. The van der Waals surface area contributed by atoms with Crippen molar-refractivity contribution < 1.29 is 4.74 Å². The van der Waals surface area contributed by atoms with Gasteiger partial charge in [-0.2, -0.15) is 4.98 Å². The fourth-order valence-corrected chi connectivity index (χ4v) is 3.98. The van der Waals surface area contributed by atoms with Gasteiger partial charge in [-0.3, -0.25) is 0 Å². The second-order valence-corrected chi connectivity index (χ2v) is 8.45. The van der Waals surface area contributed by atoms with Gasteiger partial charge in [0.1, 0.15) is 17.4 Å². The van der Waals surface area contributed by atoms with Crippen LogP contribution < -0.4 is 15.4 Å². The lowest BCUT2D eigenvalue weighted by atomic mass is 10.1. The van der Waals surface area contributed by atoms with E-state index in [-0.39, 0.29) is 0 Å². The van der Waals surface area contributed by atoms with E-state index >= 15 is 0 Å². The summed E-state index contributed by atoms with van der Waals surface area (Å²) in [6.07, 6.45) is 4.62. The fraction of sp³-hybridized carbons (Fsp3) is 0.240. The number of aromatic amines is 2. The Morgan fingerprint density at radius 3 is 2.79 bits per heavy atom. The SMILES string of the molecule is COc1ccc2[nH]cc(CCNc3nccc(Nc4ccc5nc(CN(C)C)[nH]c5c4)n3)c2c1. The Morgan fingerprint density at radius 2 is 1.94 bits per heavy atom. The van der Waals surface area contributed by atoms with Gasteiger partial charge < -0.3 is 30.2 Å². The Bertz CT molecular complexity index is 1420. The van der Waals surface area contributed by atoms with Crippen molar-refractivity contribution in [1.29, 1.82) is 0 Å². The van der Waals surface area contributed by atoms with Crippen molar-refractivity contribution in [1.82, 2.24) is 29.8 Å². The molecule has 0 saturated carbocycles. The maximum atomic E-state index is 5.36. The predicted molar refractivity (Wildman–Crippen MR) is 136 cm³/mol. The molecule has 0 spiro atoms. The highest BCUT2D eigenvalue weighted by molar-refractivity contribution is 5.84. The standard InChI is InChI=1S/C25H28N8O/c1-33(2)15-24-30-21-6-4-17(12-22(21)31-24)29-23-9-11-27-25(32-23)26-10-8-16-14-28-20-7-5-18(34-3)13-19(16)20/h4-7,9,11-14,28H,8,10,15H2,1-3H3,(H,30,31)(H2,26,27,29,32). The van der Waals surface area contributed by atoms with Crippen LogP contribution in [-0.2, 0) is 13.0 Å². The zero-order valence-electron chi connectivity index (χ0n) is 19.5. The summed E-state index contributed by atoms with van der Waals surface area (Å²) in [4.78, 5) is 22.4. The van der Waals surface area contributed by atoms with Crippen molar-refractivity contribution in [3.05, 3.63) is 66.2 Å². The molecule has 0 unspecified atom stereocenters. The largest absolute Gasteiger partial charge is 0.497 e. The number of fused-ring (bicyclic) bond motifs is 2. The maximum Gasteiger partial charge on any atom is 0.224 e. The Morgan fingerprint density at radius 1 is 1.03 bits per heavy atom. The smallest absolute Gasteiger partial charge is 0.224 e. The van der Waals surface area contributed by atoms with Crippen molar-refractivity contribution in [3.63, 3.8) is 0 Å². The van der Waals surface area contributed by atoms with Crippen LogP contribution in [0.5, 0.6) is 5.75 Å². The van der Waals surface area contributed by atoms with Gasteiger partial charge in [-0.1, -0.05) is 0 Å². The number of nitrogens with one attached hydrogen (secondary N) is 4. The average molecular weight is 457 g/mol. The third-order valence-corrected chi connectivity index (χ3v) is 5.58. The number of nitrogens with zero attached hydrogens (tertiary/aromatic N) is 4. The third kappa shape index (κ3) is 4.79. The van der Waals surface area contributed by atoms with Gasteiger partial charge in [0.05, 0.1) is 24.7 Å². The Balaban J connectivity index is 1.23. The highest BCUT2D eigenvalue weighted by Gasteiger charge is 2.08. The molecule has 0 bridgehead atoms. The van der Waals surface area contributed by atoms with Crippen molar-refractivity contribution in [2.24, 2.45) is 0 Å². The molecule has 174 valence electrons. The highest BCUT2D eigenvalue weighted by atomic mass is 16.5. The Hall–Kier alpha value is -4.11. The maximum absolute atomic E-state index is 5.36. The first-order valence-electron chi connectivity index (χ1n) is 11.2. The van der Waals surface area contributed by atoms with Gasteiger partial charge in [-0.15, -0.1) is 0 Å². The Labute approximate surface area is 197 Å². The number of imidazole rings is 1. The molecule has 0 fully saturated rings. The molecule has 0 radical (unpaired) electrons. The van der Waals surface area contributed by atoms with E-state index in [0.717, 1.165) is 52.6 Å². The lowest BCUT2D eigenvalue weighted by Gasteiger charge is -2.08. The van der Waals surface area contributed by atoms with E-state index in [2.05, 4.69) is 46.5 Å². The number of rotatable bonds is 9. The first-order valence-corrected chi connectivity index (χ1v) is 11.2. The average Bonchev–Trinajstić information content (AvgIpc) is 3.41. The molecule has 3 heterocycles. The summed E-state index contributed by atoms with van der Waals surface area (Å²) in [5.41, 5.74) is 5.19. The molecular formula is C25H28N8O. The summed E-state index contributed by atoms with van der Waals surface area (Å²) in [6.45, 7) is 1.48. The molecule has 0 aliphatic rings. The van der Waals surface area contributed by atoms with Crippen LogP contribution in [0.25, 0.3) is 21.9 Å². The molecule has 0 atom stereocenters. The summed E-state index contributed by atoms with van der Waals surface area (Å²) < 4.78 is 5.36. The number of aromatic nitrogens is 5. The molecule has 34 heavy (non-hydrogen) atoms. The van der Waals surface area contributed by atoms with E-state index in [4.69, 9.17) is 4.74 Å². The summed E-state index contributed by atoms with van der Waals surface area (Å²) in [5, 5.41) is 7.85. The van der Waals surface area contributed by atoms with Crippen molar-refractivity contribution in [2.75, 3.05) is 38.4 Å². The summed E-state index contributed by atoms with van der Waals surface area (Å²) in [7, 11) is 5.74. The van der Waals surface area contributed by atoms with Crippen LogP contribution in [0.15, 0.2) is 54.9 Å². The molecular weight excluding hydrogens is 428 g/mol. The van der Waals surface area contributed by atoms with Crippen molar-refractivity contribution >= 4 is 39.4 Å². The lowest BCUT2D eigenvalue weighted by molar-refractivity contribution is 0.392.